The molecule has 3 nitrogen and oxygen atoms in total. The minimum atomic E-state index is 0.770. The second-order valence-corrected chi connectivity index (χ2v) is 10.5. The van der Waals surface area contributed by atoms with Crippen LogP contribution in [0.2, 0.25) is 5.02 Å². The van der Waals surface area contributed by atoms with Crippen LogP contribution >= 0.6 is 46.0 Å². The third-order valence-electron chi connectivity index (χ3n) is 4.96. The van der Waals surface area contributed by atoms with Gasteiger partial charge in [-0.05, 0) is 25.1 Å². The average Bonchev–Trinajstić information content (AvgIpc) is 3.41. The molecule has 1 aliphatic heterocycles. The topological polar surface area (TPSA) is 20.0 Å². The second-order valence-electron chi connectivity index (χ2n) is 7.04. The zero-order valence-electron chi connectivity index (χ0n) is 16.5. The molecule has 0 amide bonds. The SMILES string of the molecule is Cc1n/c(=C/c2scc[n+]2Cc2ccccc2)sc1=C1Sc2cc(Cl)ccc2N1C. The number of nitrogens with zero attached hydrogens (tertiary/aromatic N) is 3. The Hall–Kier alpha value is -2.12. The molecule has 5 rings (SSSR count). The molecule has 0 spiro atoms. The van der Waals surface area contributed by atoms with Crippen molar-refractivity contribution in [3.05, 3.63) is 90.6 Å². The molecule has 30 heavy (non-hydrogen) atoms. The van der Waals surface area contributed by atoms with Crippen molar-refractivity contribution < 1.29 is 4.57 Å². The standard InChI is InChI=1S/C23H19ClN3S3/c1-15-22(23-26(2)18-9-8-17(24)12-19(18)29-23)30-20(25-15)13-21-27(10-11-28-21)14-16-6-4-3-5-7-16/h3-13H,14H2,1-2H3/q+1. The summed E-state index contributed by atoms with van der Waals surface area (Å²) in [7, 11) is 2.11. The predicted octanol–water partition coefficient (Wildman–Crippen LogP) is 4.64. The van der Waals surface area contributed by atoms with Gasteiger partial charge in [0.15, 0.2) is 12.7 Å². The molecule has 2 aromatic heterocycles. The number of benzene rings is 2. The summed E-state index contributed by atoms with van der Waals surface area (Å²) in [6, 6.07) is 16.6. The molecule has 1 aliphatic rings. The molecule has 0 bridgehead atoms. The number of halogens is 1. The van der Waals surface area contributed by atoms with Crippen LogP contribution in [-0.4, -0.2) is 12.0 Å². The maximum Gasteiger partial charge on any atom is 0.264 e. The number of rotatable bonds is 3. The molecule has 0 fully saturated rings. The van der Waals surface area contributed by atoms with Crippen LogP contribution in [0.5, 0.6) is 0 Å². The molecule has 0 atom stereocenters. The van der Waals surface area contributed by atoms with Gasteiger partial charge in [-0.3, -0.25) is 0 Å². The van der Waals surface area contributed by atoms with Gasteiger partial charge in [0.1, 0.15) is 4.66 Å². The van der Waals surface area contributed by atoms with E-state index in [1.165, 1.54) is 30.7 Å². The Bertz CT molecular complexity index is 1340. The Morgan fingerprint density at radius 3 is 2.83 bits per heavy atom. The van der Waals surface area contributed by atoms with E-state index in [-0.39, 0.29) is 0 Å². The summed E-state index contributed by atoms with van der Waals surface area (Å²) < 4.78 is 4.52. The van der Waals surface area contributed by atoms with E-state index in [1.54, 1.807) is 34.4 Å². The van der Waals surface area contributed by atoms with E-state index in [2.05, 4.69) is 77.5 Å². The summed E-state index contributed by atoms with van der Waals surface area (Å²) in [5.74, 6) is 0. The van der Waals surface area contributed by atoms with Gasteiger partial charge in [-0.2, -0.15) is 4.57 Å². The molecule has 0 saturated carbocycles. The van der Waals surface area contributed by atoms with E-state index in [4.69, 9.17) is 16.6 Å². The van der Waals surface area contributed by atoms with Crippen molar-refractivity contribution >= 4 is 62.8 Å². The van der Waals surface area contributed by atoms with E-state index >= 15 is 0 Å². The van der Waals surface area contributed by atoms with Crippen LogP contribution in [0.15, 0.2) is 65.0 Å². The quantitative estimate of drug-likeness (QED) is 0.408. The first-order valence-corrected chi connectivity index (χ1v) is 12.4. The van der Waals surface area contributed by atoms with Gasteiger partial charge in [-0.1, -0.05) is 65.0 Å². The van der Waals surface area contributed by atoms with Crippen LogP contribution in [0.25, 0.3) is 11.1 Å². The fourth-order valence-corrected chi connectivity index (χ4v) is 6.96. The van der Waals surface area contributed by atoms with E-state index < -0.39 is 0 Å². The minimum absolute atomic E-state index is 0.770. The van der Waals surface area contributed by atoms with Crippen molar-refractivity contribution in [3.63, 3.8) is 0 Å². The highest BCUT2D eigenvalue weighted by molar-refractivity contribution is 8.08. The lowest BCUT2D eigenvalue weighted by Crippen LogP contribution is -2.34. The second kappa shape index (κ2) is 8.19. The number of hydrogen-bond donors (Lipinski definition) is 0. The minimum Gasteiger partial charge on any atom is -0.337 e. The lowest BCUT2D eigenvalue weighted by Gasteiger charge is -2.12. The zero-order valence-corrected chi connectivity index (χ0v) is 19.7. The van der Waals surface area contributed by atoms with Gasteiger partial charge in [0.05, 0.1) is 32.4 Å². The molecule has 0 aliphatic carbocycles. The summed E-state index contributed by atoms with van der Waals surface area (Å²) in [4.78, 5) is 8.29. The predicted molar refractivity (Wildman–Crippen MR) is 129 cm³/mol. The van der Waals surface area contributed by atoms with Crippen molar-refractivity contribution in [2.45, 2.75) is 18.4 Å². The maximum absolute atomic E-state index is 6.20. The first kappa shape index (κ1) is 19.8. The Morgan fingerprint density at radius 1 is 1.17 bits per heavy atom. The molecule has 150 valence electrons. The molecule has 4 aromatic rings. The number of fused-ring (bicyclic) bond motifs is 1. The largest absolute Gasteiger partial charge is 0.337 e. The molecule has 0 unspecified atom stereocenters. The molecule has 2 aromatic carbocycles. The van der Waals surface area contributed by atoms with Gasteiger partial charge >= 0.3 is 0 Å². The molecule has 0 radical (unpaired) electrons. The molecular weight excluding hydrogens is 450 g/mol. The van der Waals surface area contributed by atoms with Gasteiger partial charge in [-0.15, -0.1) is 11.3 Å². The van der Waals surface area contributed by atoms with Crippen molar-refractivity contribution in [2.24, 2.45) is 0 Å². The van der Waals surface area contributed by atoms with Gasteiger partial charge < -0.3 is 4.90 Å². The average molecular weight is 469 g/mol. The van der Waals surface area contributed by atoms with Crippen LogP contribution in [0.3, 0.4) is 0 Å². The van der Waals surface area contributed by atoms with Crippen molar-refractivity contribution in [1.82, 2.24) is 4.98 Å². The number of aryl methyl sites for hydroxylation is 1. The van der Waals surface area contributed by atoms with Gasteiger partial charge in [0.25, 0.3) is 5.01 Å². The number of hydrogen-bond acceptors (Lipinski definition) is 5. The molecule has 0 saturated heterocycles. The Labute approximate surface area is 192 Å². The number of aromatic nitrogens is 2. The molecule has 7 heteroatoms. The summed E-state index contributed by atoms with van der Waals surface area (Å²) in [6.07, 6.45) is 4.33. The molecule has 3 heterocycles. The Kier molecular flexibility index (Phi) is 5.41. The van der Waals surface area contributed by atoms with E-state index in [0.717, 1.165) is 21.9 Å². The van der Waals surface area contributed by atoms with Crippen LogP contribution < -0.4 is 18.7 Å². The smallest absolute Gasteiger partial charge is 0.264 e. The van der Waals surface area contributed by atoms with Gasteiger partial charge in [0.2, 0.25) is 0 Å². The maximum atomic E-state index is 6.20. The fourth-order valence-electron chi connectivity index (χ4n) is 3.45. The third-order valence-corrected chi connectivity index (χ3v) is 8.50. The van der Waals surface area contributed by atoms with Crippen LogP contribution in [0, 0.1) is 6.92 Å². The number of thioether (sulfide) groups is 1. The van der Waals surface area contributed by atoms with Crippen LogP contribution in [-0.2, 0) is 6.54 Å². The van der Waals surface area contributed by atoms with Crippen molar-refractivity contribution in [1.29, 1.82) is 0 Å². The Balaban J connectivity index is 1.53. The highest BCUT2D eigenvalue weighted by Gasteiger charge is 2.24. The van der Waals surface area contributed by atoms with E-state index in [0.29, 0.717) is 0 Å². The lowest BCUT2D eigenvalue weighted by atomic mass is 10.2. The van der Waals surface area contributed by atoms with Crippen molar-refractivity contribution in [3.8, 4) is 0 Å². The molecule has 0 N–H and O–H groups in total. The summed E-state index contributed by atoms with van der Waals surface area (Å²) in [5.41, 5.74) is 3.55. The third kappa shape index (κ3) is 3.81. The van der Waals surface area contributed by atoms with E-state index in [9.17, 15) is 0 Å². The first-order chi connectivity index (χ1) is 14.6. The fraction of sp³-hybridized carbons (Fsp3) is 0.130. The van der Waals surface area contributed by atoms with E-state index in [1.807, 2.05) is 12.1 Å². The zero-order chi connectivity index (χ0) is 20.7. The van der Waals surface area contributed by atoms with Crippen molar-refractivity contribution in [2.75, 3.05) is 11.9 Å². The van der Waals surface area contributed by atoms with Gasteiger partial charge in [-0.25, -0.2) is 4.98 Å². The van der Waals surface area contributed by atoms with Gasteiger partial charge in [0, 0.05) is 22.5 Å². The summed E-state index contributed by atoms with van der Waals surface area (Å²) >= 11 is 11.4. The Morgan fingerprint density at radius 2 is 2.00 bits per heavy atom. The summed E-state index contributed by atoms with van der Waals surface area (Å²) in [6.45, 7) is 2.95. The molecular formula is C23H19ClN3S3+. The lowest BCUT2D eigenvalue weighted by molar-refractivity contribution is -0.685. The van der Waals surface area contributed by atoms with Crippen LogP contribution in [0.1, 0.15) is 16.3 Å². The summed E-state index contributed by atoms with van der Waals surface area (Å²) in [5, 5.41) is 5.31. The normalized spacial score (nSPS) is 15.7. The highest BCUT2D eigenvalue weighted by atomic mass is 35.5. The van der Waals surface area contributed by atoms with Crippen LogP contribution in [0.4, 0.5) is 5.69 Å². The number of thiazole rings is 2. The number of anilines is 1. The first-order valence-electron chi connectivity index (χ1n) is 9.50. The monoisotopic (exact) mass is 468 g/mol. The highest BCUT2D eigenvalue weighted by Crippen LogP contribution is 2.46.